The Balaban J connectivity index is 2.31. The van der Waals surface area contributed by atoms with Crippen LogP contribution in [0.1, 0.15) is 39.5 Å². The second-order valence-electron chi connectivity index (χ2n) is 5.26. The van der Waals surface area contributed by atoms with Crippen molar-refractivity contribution in [1.82, 2.24) is 4.72 Å². The third-order valence-electron chi connectivity index (χ3n) is 3.21. The molecule has 0 radical (unpaired) electrons. The standard InChI is InChI=1S/C11H22BrNO2S/c1-10(2)3-8-16(14,15)13-9-11(4-5-11)6-7-12/h10,13H,3-9H2,1-2H3. The molecular weight excluding hydrogens is 290 g/mol. The summed E-state index contributed by atoms with van der Waals surface area (Å²) >= 11 is 3.42. The Morgan fingerprint density at radius 2 is 2.00 bits per heavy atom. The summed E-state index contributed by atoms with van der Waals surface area (Å²) in [5.41, 5.74) is 0.258. The summed E-state index contributed by atoms with van der Waals surface area (Å²) in [7, 11) is -3.05. The number of nitrogens with one attached hydrogen (secondary N) is 1. The normalized spacial score (nSPS) is 19.0. The fourth-order valence-corrected chi connectivity index (χ4v) is 3.91. The largest absolute Gasteiger partial charge is 0.215 e. The molecule has 1 rings (SSSR count). The average molecular weight is 312 g/mol. The molecule has 0 bridgehead atoms. The van der Waals surface area contributed by atoms with E-state index >= 15 is 0 Å². The van der Waals surface area contributed by atoms with Gasteiger partial charge < -0.3 is 0 Å². The van der Waals surface area contributed by atoms with Gasteiger partial charge in [0.05, 0.1) is 5.75 Å². The Hall–Kier alpha value is 0.390. The van der Waals surface area contributed by atoms with Gasteiger partial charge in [0, 0.05) is 11.9 Å². The van der Waals surface area contributed by atoms with Crippen molar-refractivity contribution in [3.8, 4) is 0 Å². The highest BCUT2D eigenvalue weighted by Gasteiger charge is 2.42. The number of hydrogen-bond donors (Lipinski definition) is 1. The van der Waals surface area contributed by atoms with Gasteiger partial charge in [0.15, 0.2) is 0 Å². The zero-order valence-electron chi connectivity index (χ0n) is 10.1. The van der Waals surface area contributed by atoms with Gasteiger partial charge in [-0.3, -0.25) is 0 Å². The third-order valence-corrected chi connectivity index (χ3v) is 4.97. The molecule has 0 aromatic rings. The van der Waals surface area contributed by atoms with Crippen LogP contribution in [-0.2, 0) is 10.0 Å². The Labute approximate surface area is 108 Å². The zero-order valence-corrected chi connectivity index (χ0v) is 12.5. The number of sulfonamides is 1. The first-order valence-corrected chi connectivity index (χ1v) is 8.70. The van der Waals surface area contributed by atoms with Crippen LogP contribution in [0.15, 0.2) is 0 Å². The minimum absolute atomic E-state index is 0.258. The Kier molecular flexibility index (Phi) is 5.26. The number of halogens is 1. The molecule has 0 aliphatic heterocycles. The maximum Gasteiger partial charge on any atom is 0.211 e. The fraction of sp³-hybridized carbons (Fsp3) is 1.00. The molecule has 1 aliphatic rings. The van der Waals surface area contributed by atoms with Crippen LogP contribution in [0.3, 0.4) is 0 Å². The van der Waals surface area contributed by atoms with Gasteiger partial charge in [-0.05, 0) is 37.0 Å². The minimum Gasteiger partial charge on any atom is -0.215 e. The Bertz CT molecular complexity index is 310. The molecule has 1 aliphatic carbocycles. The van der Waals surface area contributed by atoms with Crippen molar-refractivity contribution < 1.29 is 8.42 Å². The number of hydrogen-bond acceptors (Lipinski definition) is 2. The van der Waals surface area contributed by atoms with E-state index in [0.717, 1.165) is 31.0 Å². The van der Waals surface area contributed by atoms with Crippen molar-refractivity contribution in [3.05, 3.63) is 0 Å². The summed E-state index contributed by atoms with van der Waals surface area (Å²) in [6.07, 6.45) is 4.12. The van der Waals surface area contributed by atoms with Crippen molar-refractivity contribution in [3.63, 3.8) is 0 Å². The molecule has 16 heavy (non-hydrogen) atoms. The molecule has 0 unspecified atom stereocenters. The minimum atomic E-state index is -3.05. The van der Waals surface area contributed by atoms with E-state index in [1.165, 1.54) is 0 Å². The molecule has 96 valence electrons. The van der Waals surface area contributed by atoms with E-state index in [-0.39, 0.29) is 11.2 Å². The molecule has 0 spiro atoms. The molecule has 0 atom stereocenters. The lowest BCUT2D eigenvalue weighted by Gasteiger charge is -2.15. The first-order chi connectivity index (χ1) is 7.39. The molecule has 0 amide bonds. The molecule has 3 nitrogen and oxygen atoms in total. The summed E-state index contributed by atoms with van der Waals surface area (Å²) in [5.74, 6) is 0.698. The Morgan fingerprint density at radius 3 is 2.44 bits per heavy atom. The van der Waals surface area contributed by atoms with E-state index in [1.807, 2.05) is 13.8 Å². The van der Waals surface area contributed by atoms with Crippen molar-refractivity contribution in [2.24, 2.45) is 11.3 Å². The van der Waals surface area contributed by atoms with Crippen LogP contribution in [0.2, 0.25) is 0 Å². The van der Waals surface area contributed by atoms with Crippen molar-refractivity contribution in [1.29, 1.82) is 0 Å². The smallest absolute Gasteiger partial charge is 0.211 e. The van der Waals surface area contributed by atoms with Gasteiger partial charge in [-0.25, -0.2) is 13.1 Å². The van der Waals surface area contributed by atoms with Crippen LogP contribution in [0, 0.1) is 11.3 Å². The van der Waals surface area contributed by atoms with E-state index in [0.29, 0.717) is 12.5 Å². The van der Waals surface area contributed by atoms with Gasteiger partial charge in [0.1, 0.15) is 0 Å². The van der Waals surface area contributed by atoms with Gasteiger partial charge in [-0.2, -0.15) is 0 Å². The maximum absolute atomic E-state index is 11.7. The monoisotopic (exact) mass is 311 g/mol. The molecule has 0 aromatic carbocycles. The second kappa shape index (κ2) is 5.83. The first kappa shape index (κ1) is 14.5. The van der Waals surface area contributed by atoms with Crippen LogP contribution in [-0.4, -0.2) is 26.0 Å². The molecule has 0 saturated heterocycles. The van der Waals surface area contributed by atoms with Gasteiger partial charge in [-0.1, -0.05) is 29.8 Å². The van der Waals surface area contributed by atoms with Crippen LogP contribution >= 0.6 is 15.9 Å². The lowest BCUT2D eigenvalue weighted by Crippen LogP contribution is -2.32. The molecule has 1 fully saturated rings. The van der Waals surface area contributed by atoms with E-state index in [4.69, 9.17) is 0 Å². The Morgan fingerprint density at radius 1 is 1.38 bits per heavy atom. The number of alkyl halides is 1. The summed E-state index contributed by atoms with van der Waals surface area (Å²) < 4.78 is 26.1. The fourth-order valence-electron chi connectivity index (χ4n) is 1.62. The summed E-state index contributed by atoms with van der Waals surface area (Å²) in [5, 5.41) is 0.959. The van der Waals surface area contributed by atoms with E-state index in [2.05, 4.69) is 20.7 Å². The highest BCUT2D eigenvalue weighted by molar-refractivity contribution is 9.09. The summed E-state index contributed by atoms with van der Waals surface area (Å²) in [6.45, 7) is 4.71. The van der Waals surface area contributed by atoms with Gasteiger partial charge in [0.2, 0.25) is 10.0 Å². The van der Waals surface area contributed by atoms with Gasteiger partial charge in [0.25, 0.3) is 0 Å². The zero-order chi connectivity index (χ0) is 12.2. The highest BCUT2D eigenvalue weighted by atomic mass is 79.9. The molecule has 1 saturated carbocycles. The average Bonchev–Trinajstić information content (AvgIpc) is 2.94. The lowest BCUT2D eigenvalue weighted by molar-refractivity contribution is 0.478. The molecular formula is C11H22BrNO2S. The van der Waals surface area contributed by atoms with Gasteiger partial charge >= 0.3 is 0 Å². The summed E-state index contributed by atoms with van der Waals surface area (Å²) in [6, 6.07) is 0. The molecule has 0 heterocycles. The third kappa shape index (κ3) is 5.15. The predicted molar refractivity (Wildman–Crippen MR) is 71.3 cm³/mol. The van der Waals surface area contributed by atoms with Crippen molar-refractivity contribution in [2.45, 2.75) is 39.5 Å². The van der Waals surface area contributed by atoms with E-state index < -0.39 is 10.0 Å². The van der Waals surface area contributed by atoms with Crippen LogP contribution in [0.25, 0.3) is 0 Å². The molecule has 0 aromatic heterocycles. The quantitative estimate of drug-likeness (QED) is 0.700. The maximum atomic E-state index is 11.7. The highest BCUT2D eigenvalue weighted by Crippen LogP contribution is 2.48. The van der Waals surface area contributed by atoms with Crippen molar-refractivity contribution >= 4 is 26.0 Å². The topological polar surface area (TPSA) is 46.2 Å². The van der Waals surface area contributed by atoms with E-state index in [9.17, 15) is 8.42 Å². The lowest BCUT2D eigenvalue weighted by atomic mass is 10.1. The second-order valence-corrected chi connectivity index (χ2v) is 7.98. The molecule has 1 N–H and O–H groups in total. The first-order valence-electron chi connectivity index (χ1n) is 5.92. The van der Waals surface area contributed by atoms with Crippen molar-refractivity contribution in [2.75, 3.05) is 17.6 Å². The SMILES string of the molecule is CC(C)CCS(=O)(=O)NCC1(CCBr)CC1. The van der Waals surface area contributed by atoms with Crippen LogP contribution in [0.4, 0.5) is 0 Å². The number of rotatable bonds is 8. The van der Waals surface area contributed by atoms with Gasteiger partial charge in [-0.15, -0.1) is 0 Å². The summed E-state index contributed by atoms with van der Waals surface area (Å²) in [4.78, 5) is 0. The van der Waals surface area contributed by atoms with Crippen LogP contribution in [0.5, 0.6) is 0 Å². The van der Waals surface area contributed by atoms with E-state index in [1.54, 1.807) is 0 Å². The predicted octanol–water partition coefficient (Wildman–Crippen LogP) is 2.52. The van der Waals surface area contributed by atoms with Crippen LogP contribution < -0.4 is 4.72 Å². The molecule has 5 heteroatoms.